The maximum absolute atomic E-state index is 12.7. The molecule has 0 spiro atoms. The molecule has 0 fully saturated rings. The minimum atomic E-state index is -3.81. The Morgan fingerprint density at radius 1 is 0.850 bits per heavy atom. The topological polar surface area (TPSA) is 126 Å². The fourth-order valence-corrected chi connectivity index (χ4v) is 5.41. The summed E-state index contributed by atoms with van der Waals surface area (Å²) in [6.45, 7) is 5.80. The van der Waals surface area contributed by atoms with Crippen molar-refractivity contribution in [3.05, 3.63) is 95.3 Å². The molecule has 10 nitrogen and oxygen atoms in total. The van der Waals surface area contributed by atoms with Crippen molar-refractivity contribution in [3.63, 3.8) is 0 Å². The molecule has 0 bridgehead atoms. The molecule has 0 amide bonds. The van der Waals surface area contributed by atoms with Gasteiger partial charge in [-0.15, -0.1) is 10.2 Å². The van der Waals surface area contributed by atoms with Crippen LogP contribution in [0.25, 0.3) is 0 Å². The van der Waals surface area contributed by atoms with Crippen LogP contribution in [-0.4, -0.2) is 23.6 Å². The summed E-state index contributed by atoms with van der Waals surface area (Å²) in [6, 6.07) is 22.6. The number of aryl methyl sites for hydroxylation is 1. The van der Waals surface area contributed by atoms with Gasteiger partial charge in [-0.2, -0.15) is 4.98 Å². The van der Waals surface area contributed by atoms with Crippen LogP contribution in [0.3, 0.4) is 0 Å². The van der Waals surface area contributed by atoms with Crippen LogP contribution in [0.5, 0.6) is 29.1 Å². The lowest BCUT2D eigenvalue weighted by atomic mass is 10.2. The first kappa shape index (κ1) is 27.2. The van der Waals surface area contributed by atoms with E-state index in [1.54, 1.807) is 43.3 Å². The van der Waals surface area contributed by atoms with E-state index in [1.165, 1.54) is 23.5 Å². The summed E-state index contributed by atoms with van der Waals surface area (Å²) >= 11 is 1.21. The number of ether oxygens (including phenoxy) is 3. The molecule has 1 N–H and O–H groups in total. The van der Waals surface area contributed by atoms with Crippen LogP contribution in [0.2, 0.25) is 0 Å². The van der Waals surface area contributed by atoms with Gasteiger partial charge in [-0.25, -0.2) is 8.42 Å². The van der Waals surface area contributed by atoms with Crippen molar-refractivity contribution in [2.24, 2.45) is 0 Å². The van der Waals surface area contributed by atoms with Crippen LogP contribution in [-0.2, 0) is 16.6 Å². The molecule has 206 valence electrons. The second-order valence-electron chi connectivity index (χ2n) is 8.94. The fraction of sp³-hybridized carbons (Fsp3) is 0.179. The van der Waals surface area contributed by atoms with E-state index in [9.17, 15) is 8.42 Å². The van der Waals surface area contributed by atoms with E-state index in [4.69, 9.17) is 18.6 Å². The summed E-state index contributed by atoms with van der Waals surface area (Å²) in [5.41, 5.74) is 0.551. The summed E-state index contributed by atoms with van der Waals surface area (Å²) in [5, 5.41) is 8.89. The molecule has 5 rings (SSSR count). The standard InChI is InChI=1S/C28H26N4O6S2/c1-18(2)26-30-31-27(39-26)32-40(33,34)24-15-13-20(14-16-24)35-17-25-19(3)36-28(29-25)38-23-11-9-22(10-12-23)37-21-7-5-4-6-8-21/h4-16,18H,17H2,1-3H3,(H,31,32). The zero-order chi connectivity index (χ0) is 28.1. The number of nitrogens with zero attached hydrogens (tertiary/aromatic N) is 3. The third-order valence-corrected chi connectivity index (χ3v) is 8.17. The molecule has 5 aromatic rings. The van der Waals surface area contributed by atoms with Crippen LogP contribution in [0.1, 0.15) is 36.2 Å². The Hall–Kier alpha value is -4.42. The van der Waals surface area contributed by atoms with Crippen LogP contribution in [0.4, 0.5) is 5.13 Å². The Labute approximate surface area is 235 Å². The van der Waals surface area contributed by atoms with Crippen molar-refractivity contribution >= 4 is 26.5 Å². The second-order valence-corrected chi connectivity index (χ2v) is 11.6. The average molecular weight is 579 g/mol. The maximum Gasteiger partial charge on any atom is 0.399 e. The molecule has 2 heterocycles. The molecule has 0 radical (unpaired) electrons. The number of oxazole rings is 1. The Morgan fingerprint density at radius 2 is 1.48 bits per heavy atom. The van der Waals surface area contributed by atoms with Crippen molar-refractivity contribution in [2.45, 2.75) is 38.2 Å². The Balaban J connectivity index is 1.16. The lowest BCUT2D eigenvalue weighted by Gasteiger charge is -2.07. The Kier molecular flexibility index (Phi) is 7.99. The van der Waals surface area contributed by atoms with Gasteiger partial charge in [0.05, 0.1) is 4.90 Å². The highest BCUT2D eigenvalue weighted by atomic mass is 32.2. The molecule has 3 aromatic carbocycles. The lowest BCUT2D eigenvalue weighted by molar-refractivity contribution is 0.299. The van der Waals surface area contributed by atoms with E-state index in [2.05, 4.69) is 19.9 Å². The first-order valence-electron chi connectivity index (χ1n) is 12.3. The minimum Gasteiger partial charge on any atom is -0.487 e. The summed E-state index contributed by atoms with van der Waals surface area (Å²) in [6.07, 6.45) is 0.0812. The highest BCUT2D eigenvalue weighted by Crippen LogP contribution is 2.29. The minimum absolute atomic E-state index is 0.0784. The van der Waals surface area contributed by atoms with E-state index in [-0.39, 0.29) is 28.6 Å². The van der Waals surface area contributed by atoms with Gasteiger partial charge in [0, 0.05) is 5.92 Å². The SMILES string of the molecule is Cc1oc(Oc2ccc(Oc3ccccc3)cc2)nc1COc1ccc(S(=O)(=O)Nc2nnc(C(C)C)s2)cc1. The van der Waals surface area contributed by atoms with E-state index in [0.29, 0.717) is 28.7 Å². The number of nitrogens with one attached hydrogen (secondary N) is 1. The molecule has 0 saturated carbocycles. The summed E-state index contributed by atoms with van der Waals surface area (Å²) in [4.78, 5) is 4.44. The number of hydrogen-bond acceptors (Lipinski definition) is 10. The summed E-state index contributed by atoms with van der Waals surface area (Å²) in [5.74, 6) is 3.12. The quantitative estimate of drug-likeness (QED) is 0.178. The van der Waals surface area contributed by atoms with Crippen molar-refractivity contribution in [3.8, 4) is 29.1 Å². The highest BCUT2D eigenvalue weighted by molar-refractivity contribution is 7.93. The molecule has 12 heteroatoms. The Bertz CT molecular complexity index is 1670. The van der Waals surface area contributed by atoms with Crippen molar-refractivity contribution < 1.29 is 27.0 Å². The van der Waals surface area contributed by atoms with E-state index < -0.39 is 10.0 Å². The van der Waals surface area contributed by atoms with Crippen LogP contribution < -0.4 is 18.9 Å². The number of benzene rings is 3. The first-order chi connectivity index (χ1) is 19.2. The van der Waals surface area contributed by atoms with Crippen molar-refractivity contribution in [2.75, 3.05) is 4.72 Å². The molecule has 0 unspecified atom stereocenters. The fourth-order valence-electron chi connectivity index (χ4n) is 3.43. The van der Waals surface area contributed by atoms with Gasteiger partial charge in [-0.1, -0.05) is 43.4 Å². The largest absolute Gasteiger partial charge is 0.487 e. The predicted octanol–water partition coefficient (Wildman–Crippen LogP) is 6.92. The van der Waals surface area contributed by atoms with Crippen molar-refractivity contribution in [1.82, 2.24) is 15.2 Å². The van der Waals surface area contributed by atoms with Crippen LogP contribution in [0, 0.1) is 6.92 Å². The van der Waals surface area contributed by atoms with Gasteiger partial charge in [0.2, 0.25) is 5.13 Å². The zero-order valence-electron chi connectivity index (χ0n) is 21.9. The number of hydrogen-bond donors (Lipinski definition) is 1. The molecule has 0 aliphatic rings. The van der Waals surface area contributed by atoms with E-state index in [0.717, 1.165) is 10.8 Å². The predicted molar refractivity (Wildman–Crippen MR) is 150 cm³/mol. The van der Waals surface area contributed by atoms with Crippen molar-refractivity contribution in [1.29, 1.82) is 0 Å². The van der Waals surface area contributed by atoms with Gasteiger partial charge in [-0.05, 0) is 67.6 Å². The van der Waals surface area contributed by atoms with E-state index >= 15 is 0 Å². The maximum atomic E-state index is 12.7. The number of sulfonamides is 1. The molecular formula is C28H26N4O6S2. The van der Waals surface area contributed by atoms with Gasteiger partial charge in [0.15, 0.2) is 0 Å². The van der Waals surface area contributed by atoms with Gasteiger partial charge in [-0.3, -0.25) is 4.72 Å². The first-order valence-corrected chi connectivity index (χ1v) is 14.6. The normalized spacial score (nSPS) is 11.4. The Morgan fingerprint density at radius 3 is 2.12 bits per heavy atom. The van der Waals surface area contributed by atoms with Crippen LogP contribution in [0.15, 0.2) is 88.2 Å². The van der Waals surface area contributed by atoms with Gasteiger partial charge in [0.25, 0.3) is 10.0 Å². The number of rotatable bonds is 11. The monoisotopic (exact) mass is 578 g/mol. The molecule has 2 aromatic heterocycles. The van der Waals surface area contributed by atoms with Gasteiger partial charge in [0.1, 0.15) is 46.1 Å². The highest BCUT2D eigenvalue weighted by Gasteiger charge is 2.18. The molecule has 40 heavy (non-hydrogen) atoms. The number of anilines is 1. The lowest BCUT2D eigenvalue weighted by Crippen LogP contribution is -2.12. The zero-order valence-corrected chi connectivity index (χ0v) is 23.5. The molecule has 0 saturated heterocycles. The average Bonchev–Trinajstić information content (AvgIpc) is 3.55. The molecule has 0 atom stereocenters. The molecule has 0 aliphatic heterocycles. The van der Waals surface area contributed by atoms with Gasteiger partial charge < -0.3 is 18.6 Å². The molecule has 0 aliphatic carbocycles. The summed E-state index contributed by atoms with van der Waals surface area (Å²) < 4.78 is 50.8. The smallest absolute Gasteiger partial charge is 0.399 e. The number of para-hydroxylation sites is 1. The van der Waals surface area contributed by atoms with E-state index in [1.807, 2.05) is 44.2 Å². The number of aromatic nitrogens is 3. The molecular weight excluding hydrogens is 552 g/mol. The van der Waals surface area contributed by atoms with Crippen LogP contribution >= 0.6 is 11.3 Å². The second kappa shape index (κ2) is 11.8. The van der Waals surface area contributed by atoms with Gasteiger partial charge >= 0.3 is 6.08 Å². The third kappa shape index (κ3) is 6.77. The summed E-state index contributed by atoms with van der Waals surface area (Å²) in [7, 11) is -3.81. The third-order valence-electron chi connectivity index (χ3n) is 5.55.